The Balaban J connectivity index is 1.34. The Morgan fingerprint density at radius 1 is 1.05 bits per heavy atom. The molecule has 5 aliphatic rings. The van der Waals surface area contributed by atoms with Gasteiger partial charge in [0, 0.05) is 49.0 Å². The Kier molecular flexibility index (Phi) is 13.0. The molecule has 0 radical (unpaired) electrons. The van der Waals surface area contributed by atoms with Crippen LogP contribution in [-0.4, -0.2) is 47.8 Å². The largest absolute Gasteiger partial charge is 0.508 e. The van der Waals surface area contributed by atoms with Gasteiger partial charge in [-0.2, -0.15) is 0 Å². The van der Waals surface area contributed by atoms with Gasteiger partial charge in [-0.25, -0.2) is 4.99 Å². The molecule has 60 heavy (non-hydrogen) atoms. The SMILES string of the molecule is CCCC=CC(=O)CCc1cc(OC2CCCC2)c(O)c2c1C#CCC1CC3C=C4C(CC(C)CC4C2C3COC)c2cc(O)cc(c2)Cc2cccc(c2)CN=C(N)N1. The summed E-state index contributed by atoms with van der Waals surface area (Å²) in [7, 11) is 1.78. The quantitative estimate of drug-likeness (QED) is 0.0914. The molecule has 0 amide bonds. The highest BCUT2D eigenvalue weighted by Gasteiger charge is 2.48. The van der Waals surface area contributed by atoms with Crippen LogP contribution in [0.15, 0.2) is 77.3 Å². The van der Waals surface area contributed by atoms with Crippen molar-refractivity contribution in [2.75, 3.05) is 13.7 Å². The highest BCUT2D eigenvalue weighted by Crippen LogP contribution is 2.59. The van der Waals surface area contributed by atoms with Gasteiger partial charge in [-0.3, -0.25) is 4.79 Å². The number of benzene rings is 3. The van der Waals surface area contributed by atoms with E-state index >= 15 is 0 Å². The summed E-state index contributed by atoms with van der Waals surface area (Å²) in [6, 6.07) is 16.5. The van der Waals surface area contributed by atoms with Crippen LogP contribution in [0.5, 0.6) is 17.2 Å². The number of nitrogens with two attached hydrogens (primary N) is 1. The highest BCUT2D eigenvalue weighted by molar-refractivity contribution is 5.89. The molecular weight excluding hydrogens is 747 g/mol. The molecule has 2 saturated carbocycles. The smallest absolute Gasteiger partial charge is 0.189 e. The Hall–Kier alpha value is -5.00. The third-order valence-corrected chi connectivity index (χ3v) is 13.8. The number of hydrogen-bond acceptors (Lipinski definition) is 8. The van der Waals surface area contributed by atoms with E-state index in [-0.39, 0.29) is 59.0 Å². The van der Waals surface area contributed by atoms with Crippen molar-refractivity contribution in [2.45, 2.75) is 128 Å². The van der Waals surface area contributed by atoms with Crippen LogP contribution in [0.3, 0.4) is 0 Å². The number of hydrogen-bond donors (Lipinski definition) is 4. The van der Waals surface area contributed by atoms with Crippen LogP contribution in [0.4, 0.5) is 0 Å². The molecule has 1 heterocycles. The maximum Gasteiger partial charge on any atom is 0.189 e. The number of guanidine groups is 1. The second-order valence-corrected chi connectivity index (χ2v) is 18.3. The summed E-state index contributed by atoms with van der Waals surface area (Å²) in [5.74, 6) is 9.01. The fourth-order valence-corrected chi connectivity index (χ4v) is 11.1. The number of allylic oxidation sites excluding steroid dienone is 4. The fourth-order valence-electron chi connectivity index (χ4n) is 11.1. The zero-order valence-corrected chi connectivity index (χ0v) is 35.7. The number of aromatic hydroxyl groups is 2. The standard InChI is InChI=1S/C52H63N3O5/c1-4-5-6-14-40(56)19-18-36-29-48(60-42-15-7-8-16-42)51(58)50-43(36)17-10-13-39-26-38-28-45-44(20-32(2)21-46(45)49(50)47(38)31-59-3)37-24-35(25-41(57)27-37)23-33-11-9-12-34(22-33)30-54-52(53)55-39/h6,9,11-12,14,22,24-25,27-29,32,38-39,42,44,46-47,49,57-58H,4-5,7-8,13,15-16,18-21,23,26,30-31H2,1-3H3,(H3,53,54,55). The predicted octanol–water partition coefficient (Wildman–Crippen LogP) is 9.53. The fraction of sp³-hybridized carbons (Fsp3) is 0.500. The number of rotatable bonds is 10. The number of aryl methyl sites for hydroxylation is 1. The van der Waals surface area contributed by atoms with Gasteiger partial charge in [0.15, 0.2) is 23.2 Å². The van der Waals surface area contributed by atoms with E-state index in [1.807, 2.05) is 24.3 Å². The molecule has 8 rings (SSSR count). The molecule has 3 aromatic carbocycles. The lowest BCUT2D eigenvalue weighted by Crippen LogP contribution is -2.45. The van der Waals surface area contributed by atoms with E-state index in [4.69, 9.17) is 20.2 Å². The minimum Gasteiger partial charge on any atom is -0.508 e. The zero-order valence-electron chi connectivity index (χ0n) is 35.7. The van der Waals surface area contributed by atoms with Gasteiger partial charge in [-0.05, 0) is 140 Å². The number of nitrogens with one attached hydrogen (secondary N) is 1. The number of phenols is 2. The first-order valence-electron chi connectivity index (χ1n) is 22.6. The number of carbonyl (C=O) groups is 1. The number of carbonyl (C=O) groups excluding carboxylic acids is 1. The average molecular weight is 810 g/mol. The number of methoxy groups -OCH3 is 1. The van der Waals surface area contributed by atoms with Gasteiger partial charge >= 0.3 is 0 Å². The van der Waals surface area contributed by atoms with E-state index in [9.17, 15) is 15.0 Å². The molecular formula is C52H63N3O5. The second kappa shape index (κ2) is 18.7. The minimum absolute atomic E-state index is 0.00167. The molecule has 1 aliphatic heterocycles. The summed E-state index contributed by atoms with van der Waals surface area (Å²) >= 11 is 0. The van der Waals surface area contributed by atoms with E-state index in [1.165, 1.54) is 5.57 Å². The third kappa shape index (κ3) is 9.32. The average Bonchev–Trinajstić information content (AvgIpc) is 3.74. The normalized spacial score (nSPS) is 26.3. The summed E-state index contributed by atoms with van der Waals surface area (Å²) < 4.78 is 12.9. The molecule has 0 aromatic heterocycles. The summed E-state index contributed by atoms with van der Waals surface area (Å²) in [4.78, 5) is 18.1. The van der Waals surface area contributed by atoms with E-state index in [2.05, 4.69) is 67.4 Å². The van der Waals surface area contributed by atoms with Crippen molar-refractivity contribution in [3.05, 3.63) is 111 Å². The summed E-state index contributed by atoms with van der Waals surface area (Å²) in [5.41, 5.74) is 15.1. The summed E-state index contributed by atoms with van der Waals surface area (Å²) in [6.07, 6.45) is 16.9. The monoisotopic (exact) mass is 809 g/mol. The number of nitrogens with zero attached hydrogens (tertiary/aromatic N) is 1. The first-order chi connectivity index (χ1) is 29.2. The van der Waals surface area contributed by atoms with E-state index < -0.39 is 0 Å². The van der Waals surface area contributed by atoms with Crippen molar-refractivity contribution >= 4 is 11.7 Å². The van der Waals surface area contributed by atoms with Crippen LogP contribution < -0.4 is 15.8 Å². The first-order valence-corrected chi connectivity index (χ1v) is 22.6. The van der Waals surface area contributed by atoms with Crippen molar-refractivity contribution in [3.63, 3.8) is 0 Å². The maximum atomic E-state index is 13.3. The van der Waals surface area contributed by atoms with Crippen LogP contribution in [0.2, 0.25) is 0 Å². The third-order valence-electron chi connectivity index (χ3n) is 13.8. The van der Waals surface area contributed by atoms with Gasteiger partial charge < -0.3 is 30.7 Å². The lowest BCUT2D eigenvalue weighted by molar-refractivity contribution is -0.114. The number of unbranched alkanes of at least 4 members (excludes halogenated alkanes) is 1. The Morgan fingerprint density at radius 2 is 1.88 bits per heavy atom. The Labute approximate surface area is 356 Å². The van der Waals surface area contributed by atoms with Gasteiger partial charge in [0.2, 0.25) is 0 Å². The first kappa shape index (κ1) is 41.7. The predicted molar refractivity (Wildman–Crippen MR) is 238 cm³/mol. The molecule has 8 bridgehead atoms. The molecule has 4 aliphatic carbocycles. The number of phenolic OH excluding ortho intramolecular Hbond substituents is 2. The molecule has 3 aromatic rings. The van der Waals surface area contributed by atoms with Crippen molar-refractivity contribution in [1.29, 1.82) is 0 Å². The van der Waals surface area contributed by atoms with Gasteiger partial charge in [0.25, 0.3) is 0 Å². The van der Waals surface area contributed by atoms with Gasteiger partial charge in [-0.15, -0.1) is 0 Å². The Morgan fingerprint density at radius 3 is 2.70 bits per heavy atom. The molecule has 0 spiro atoms. The zero-order chi connectivity index (χ0) is 41.8. The maximum absolute atomic E-state index is 13.3. The van der Waals surface area contributed by atoms with Crippen molar-refractivity contribution in [1.82, 2.24) is 5.32 Å². The van der Waals surface area contributed by atoms with E-state index in [0.29, 0.717) is 56.5 Å². The number of aliphatic imine (C=N–C) groups is 1. The molecule has 8 nitrogen and oxygen atoms in total. The van der Waals surface area contributed by atoms with Crippen LogP contribution in [-0.2, 0) is 28.9 Å². The van der Waals surface area contributed by atoms with E-state index in [1.54, 1.807) is 13.2 Å². The molecule has 7 atom stereocenters. The van der Waals surface area contributed by atoms with Crippen LogP contribution in [0, 0.1) is 35.5 Å². The summed E-state index contributed by atoms with van der Waals surface area (Å²) in [6.45, 7) is 5.39. The number of ether oxygens (including phenoxy) is 2. The molecule has 0 saturated heterocycles. The van der Waals surface area contributed by atoms with Crippen molar-refractivity contribution < 1.29 is 24.5 Å². The molecule has 5 N–H and O–H groups in total. The van der Waals surface area contributed by atoms with Crippen LogP contribution in [0.25, 0.3) is 0 Å². The highest BCUT2D eigenvalue weighted by atomic mass is 16.5. The molecule has 2 fully saturated rings. The number of ketones is 1. The topological polar surface area (TPSA) is 126 Å². The van der Waals surface area contributed by atoms with Crippen LogP contribution >= 0.6 is 0 Å². The van der Waals surface area contributed by atoms with E-state index in [0.717, 1.165) is 96.7 Å². The van der Waals surface area contributed by atoms with Gasteiger partial charge in [0.1, 0.15) is 5.75 Å². The minimum atomic E-state index is -0.152. The molecule has 316 valence electrons. The lowest BCUT2D eigenvalue weighted by atomic mass is 9.55. The van der Waals surface area contributed by atoms with Crippen molar-refractivity contribution in [3.8, 4) is 29.1 Å². The van der Waals surface area contributed by atoms with Crippen LogP contribution in [0.1, 0.15) is 135 Å². The Bertz CT molecular complexity index is 2210. The lowest BCUT2D eigenvalue weighted by Gasteiger charge is -2.50. The number of fused-ring (bicyclic) bond motifs is 10. The van der Waals surface area contributed by atoms with Crippen molar-refractivity contribution in [2.24, 2.45) is 34.4 Å². The molecule has 8 heteroatoms. The second-order valence-electron chi connectivity index (χ2n) is 18.3. The van der Waals surface area contributed by atoms with Gasteiger partial charge in [0.05, 0.1) is 19.3 Å². The summed E-state index contributed by atoms with van der Waals surface area (Å²) in [5, 5.41) is 27.7. The molecule has 7 unspecified atom stereocenters. The van der Waals surface area contributed by atoms with Gasteiger partial charge in [-0.1, -0.05) is 80.2 Å².